The van der Waals surface area contributed by atoms with Crippen molar-refractivity contribution < 1.29 is 4.39 Å². The number of hydrogen-bond donors (Lipinski definition) is 1. The molecule has 1 nitrogen and oxygen atoms in total. The summed E-state index contributed by atoms with van der Waals surface area (Å²) in [5.41, 5.74) is 3.40. The van der Waals surface area contributed by atoms with Crippen molar-refractivity contribution >= 4 is 11.6 Å². The molecule has 1 unspecified atom stereocenters. The SMILES string of the molecule is CCNC(Cc1cccc(C)c1)c1ccc(Cl)c(F)c1. The minimum absolute atomic E-state index is 0.0913. The summed E-state index contributed by atoms with van der Waals surface area (Å²) in [5, 5.41) is 3.57. The minimum Gasteiger partial charge on any atom is -0.310 e. The third-order valence-electron chi connectivity index (χ3n) is 3.32. The van der Waals surface area contributed by atoms with Crippen LogP contribution in [0.25, 0.3) is 0 Å². The zero-order chi connectivity index (χ0) is 14.5. The van der Waals surface area contributed by atoms with Gasteiger partial charge in [-0.25, -0.2) is 4.39 Å². The predicted octanol–water partition coefficient (Wildman–Crippen LogP) is 4.68. The summed E-state index contributed by atoms with van der Waals surface area (Å²) in [6.45, 7) is 4.96. The van der Waals surface area contributed by atoms with Gasteiger partial charge in [0.25, 0.3) is 0 Å². The number of likely N-dealkylation sites (N-methyl/N-ethyl adjacent to an activating group) is 1. The zero-order valence-electron chi connectivity index (χ0n) is 11.8. The van der Waals surface area contributed by atoms with Gasteiger partial charge in [0.2, 0.25) is 0 Å². The van der Waals surface area contributed by atoms with Crippen molar-refractivity contribution in [1.82, 2.24) is 5.32 Å². The fourth-order valence-electron chi connectivity index (χ4n) is 2.36. The highest BCUT2D eigenvalue weighted by Gasteiger charge is 2.13. The maximum atomic E-state index is 13.6. The molecule has 20 heavy (non-hydrogen) atoms. The Kier molecular flexibility index (Phi) is 5.16. The Bertz CT molecular complexity index is 583. The zero-order valence-corrected chi connectivity index (χ0v) is 12.5. The number of benzene rings is 2. The van der Waals surface area contributed by atoms with Crippen molar-refractivity contribution in [1.29, 1.82) is 0 Å². The van der Waals surface area contributed by atoms with Gasteiger partial charge in [-0.2, -0.15) is 0 Å². The van der Waals surface area contributed by atoms with Crippen LogP contribution in [0.2, 0.25) is 5.02 Å². The summed E-state index contributed by atoms with van der Waals surface area (Å²) in [4.78, 5) is 0. The molecule has 0 spiro atoms. The smallest absolute Gasteiger partial charge is 0.142 e. The van der Waals surface area contributed by atoms with Crippen molar-refractivity contribution in [3.8, 4) is 0 Å². The average molecular weight is 292 g/mol. The lowest BCUT2D eigenvalue weighted by atomic mass is 9.98. The van der Waals surface area contributed by atoms with Gasteiger partial charge >= 0.3 is 0 Å². The molecule has 1 atom stereocenters. The van der Waals surface area contributed by atoms with Crippen molar-refractivity contribution in [2.24, 2.45) is 0 Å². The van der Waals surface area contributed by atoms with Gasteiger partial charge in [-0.05, 0) is 43.1 Å². The second-order valence-electron chi connectivity index (χ2n) is 4.98. The van der Waals surface area contributed by atoms with Crippen LogP contribution in [0.1, 0.15) is 29.7 Å². The Labute approximate surface area is 124 Å². The molecule has 0 saturated carbocycles. The quantitative estimate of drug-likeness (QED) is 0.843. The molecule has 3 heteroatoms. The molecule has 0 fully saturated rings. The number of hydrogen-bond acceptors (Lipinski definition) is 1. The Balaban J connectivity index is 2.24. The Hall–Kier alpha value is -1.38. The molecule has 0 aliphatic carbocycles. The maximum Gasteiger partial charge on any atom is 0.142 e. The molecule has 2 aromatic carbocycles. The lowest BCUT2D eigenvalue weighted by Gasteiger charge is -2.19. The highest BCUT2D eigenvalue weighted by atomic mass is 35.5. The van der Waals surface area contributed by atoms with Gasteiger partial charge in [-0.15, -0.1) is 0 Å². The van der Waals surface area contributed by atoms with E-state index in [0.717, 1.165) is 18.5 Å². The molecule has 0 aliphatic rings. The summed E-state index contributed by atoms with van der Waals surface area (Å²) >= 11 is 5.75. The van der Waals surface area contributed by atoms with Gasteiger partial charge in [-0.1, -0.05) is 54.4 Å². The van der Waals surface area contributed by atoms with Gasteiger partial charge in [-0.3, -0.25) is 0 Å². The molecule has 0 radical (unpaired) electrons. The van der Waals surface area contributed by atoms with Gasteiger partial charge in [0.15, 0.2) is 0 Å². The van der Waals surface area contributed by atoms with Crippen LogP contribution in [-0.4, -0.2) is 6.54 Å². The second-order valence-corrected chi connectivity index (χ2v) is 5.38. The van der Waals surface area contributed by atoms with E-state index in [9.17, 15) is 4.39 Å². The molecule has 1 N–H and O–H groups in total. The van der Waals surface area contributed by atoms with Gasteiger partial charge in [0, 0.05) is 6.04 Å². The van der Waals surface area contributed by atoms with Crippen molar-refractivity contribution in [2.45, 2.75) is 26.3 Å². The molecule has 106 valence electrons. The van der Waals surface area contributed by atoms with Crippen LogP contribution in [0, 0.1) is 12.7 Å². The van der Waals surface area contributed by atoms with E-state index in [0.29, 0.717) is 0 Å². The monoisotopic (exact) mass is 291 g/mol. The number of aryl methyl sites for hydroxylation is 1. The first kappa shape index (κ1) is 15.0. The fraction of sp³-hybridized carbons (Fsp3) is 0.294. The molecule has 2 aromatic rings. The van der Waals surface area contributed by atoms with E-state index in [1.165, 1.54) is 17.2 Å². The third-order valence-corrected chi connectivity index (χ3v) is 3.63. The summed E-state index contributed by atoms with van der Waals surface area (Å²) in [6.07, 6.45) is 0.830. The van der Waals surface area contributed by atoms with Crippen LogP contribution in [0.4, 0.5) is 4.39 Å². The molecule has 0 saturated heterocycles. The van der Waals surface area contributed by atoms with E-state index in [4.69, 9.17) is 11.6 Å². The minimum atomic E-state index is -0.365. The topological polar surface area (TPSA) is 12.0 Å². The molecule has 0 bridgehead atoms. The molecule has 0 amide bonds. The van der Waals surface area contributed by atoms with Gasteiger partial charge in [0.1, 0.15) is 5.82 Å². The first-order valence-electron chi connectivity index (χ1n) is 6.84. The van der Waals surface area contributed by atoms with Crippen molar-refractivity contribution in [3.05, 3.63) is 70.0 Å². The van der Waals surface area contributed by atoms with E-state index < -0.39 is 0 Å². The highest BCUT2D eigenvalue weighted by Crippen LogP contribution is 2.23. The van der Waals surface area contributed by atoms with E-state index in [1.807, 2.05) is 6.07 Å². The Morgan fingerprint density at radius 3 is 2.65 bits per heavy atom. The highest BCUT2D eigenvalue weighted by molar-refractivity contribution is 6.30. The molecular weight excluding hydrogens is 273 g/mol. The standard InChI is InChI=1S/C17H19ClFN/c1-3-20-17(10-13-6-4-5-12(2)9-13)14-7-8-15(18)16(19)11-14/h4-9,11,17,20H,3,10H2,1-2H3. The summed E-state index contributed by atoms with van der Waals surface area (Å²) in [6, 6.07) is 13.5. The van der Waals surface area contributed by atoms with E-state index >= 15 is 0 Å². The van der Waals surface area contributed by atoms with Crippen LogP contribution >= 0.6 is 11.6 Å². The van der Waals surface area contributed by atoms with Crippen LogP contribution < -0.4 is 5.32 Å². The summed E-state index contributed by atoms with van der Waals surface area (Å²) in [7, 11) is 0. The van der Waals surface area contributed by atoms with E-state index in [-0.39, 0.29) is 16.9 Å². The largest absolute Gasteiger partial charge is 0.310 e. The van der Waals surface area contributed by atoms with Crippen molar-refractivity contribution in [2.75, 3.05) is 6.54 Å². The lowest BCUT2D eigenvalue weighted by Crippen LogP contribution is -2.23. The summed E-state index contributed by atoms with van der Waals surface area (Å²) < 4.78 is 13.6. The first-order valence-corrected chi connectivity index (χ1v) is 7.22. The van der Waals surface area contributed by atoms with Crippen LogP contribution in [-0.2, 0) is 6.42 Å². The van der Waals surface area contributed by atoms with Gasteiger partial charge < -0.3 is 5.32 Å². The predicted molar refractivity (Wildman–Crippen MR) is 82.7 cm³/mol. The van der Waals surface area contributed by atoms with E-state index in [2.05, 4.69) is 43.4 Å². The van der Waals surface area contributed by atoms with Crippen LogP contribution in [0.3, 0.4) is 0 Å². The average Bonchev–Trinajstić information content (AvgIpc) is 2.41. The number of nitrogens with one attached hydrogen (secondary N) is 1. The Morgan fingerprint density at radius 2 is 2.00 bits per heavy atom. The number of halogens is 2. The molecule has 0 heterocycles. The third kappa shape index (κ3) is 3.81. The molecule has 0 aromatic heterocycles. The fourth-order valence-corrected chi connectivity index (χ4v) is 2.48. The van der Waals surface area contributed by atoms with E-state index in [1.54, 1.807) is 6.07 Å². The normalized spacial score (nSPS) is 12.4. The van der Waals surface area contributed by atoms with Crippen LogP contribution in [0.5, 0.6) is 0 Å². The summed E-state index contributed by atoms with van der Waals surface area (Å²) in [5.74, 6) is -0.365. The maximum absolute atomic E-state index is 13.6. The lowest BCUT2D eigenvalue weighted by molar-refractivity contribution is 0.542. The Morgan fingerprint density at radius 1 is 1.20 bits per heavy atom. The first-order chi connectivity index (χ1) is 9.60. The van der Waals surface area contributed by atoms with Gasteiger partial charge in [0.05, 0.1) is 5.02 Å². The number of rotatable bonds is 5. The molecule has 0 aliphatic heterocycles. The van der Waals surface area contributed by atoms with Crippen LogP contribution in [0.15, 0.2) is 42.5 Å². The molecule has 2 rings (SSSR count). The second kappa shape index (κ2) is 6.87. The molecular formula is C17H19ClFN. The van der Waals surface area contributed by atoms with Crippen molar-refractivity contribution in [3.63, 3.8) is 0 Å².